The molecule has 100 valence electrons. The van der Waals surface area contributed by atoms with Gasteiger partial charge >= 0.3 is 0 Å². The van der Waals surface area contributed by atoms with Crippen LogP contribution in [0.4, 0.5) is 0 Å². The van der Waals surface area contributed by atoms with Gasteiger partial charge in [-0.15, -0.1) is 0 Å². The van der Waals surface area contributed by atoms with Crippen LogP contribution in [0.3, 0.4) is 0 Å². The van der Waals surface area contributed by atoms with Gasteiger partial charge in [0.25, 0.3) is 0 Å². The summed E-state index contributed by atoms with van der Waals surface area (Å²) < 4.78 is 5.05. The number of benzene rings is 1. The molecule has 0 heterocycles. The van der Waals surface area contributed by atoms with Crippen LogP contribution in [0.2, 0.25) is 0 Å². The lowest BCUT2D eigenvalue weighted by atomic mass is 10.1. The third-order valence-corrected chi connectivity index (χ3v) is 3.08. The minimum atomic E-state index is 0.0887. The van der Waals surface area contributed by atoms with E-state index in [-0.39, 0.29) is 11.9 Å². The highest BCUT2D eigenvalue weighted by Crippen LogP contribution is 2.07. The molecule has 0 bridgehead atoms. The lowest BCUT2D eigenvalue weighted by molar-refractivity contribution is -0.131. The van der Waals surface area contributed by atoms with Crippen LogP contribution in [0.25, 0.3) is 0 Å². The molecule has 1 aromatic rings. The van der Waals surface area contributed by atoms with E-state index < -0.39 is 0 Å². The average molecular weight is 250 g/mol. The summed E-state index contributed by atoms with van der Waals surface area (Å²) in [6.45, 7) is 3.05. The fraction of sp³-hybridized carbons (Fsp3) is 0.500. The Morgan fingerprint density at radius 2 is 1.89 bits per heavy atom. The van der Waals surface area contributed by atoms with Crippen molar-refractivity contribution in [1.29, 1.82) is 0 Å². The topological polar surface area (TPSA) is 55.6 Å². The third kappa shape index (κ3) is 4.13. The van der Waals surface area contributed by atoms with Crippen molar-refractivity contribution >= 4 is 5.91 Å². The fourth-order valence-corrected chi connectivity index (χ4v) is 1.69. The summed E-state index contributed by atoms with van der Waals surface area (Å²) >= 11 is 0. The molecule has 0 spiro atoms. The molecule has 2 N–H and O–H groups in total. The highest BCUT2D eigenvalue weighted by Gasteiger charge is 2.15. The largest absolute Gasteiger partial charge is 0.383 e. The molecule has 0 aliphatic rings. The Bertz CT molecular complexity index is 376. The lowest BCUT2D eigenvalue weighted by Crippen LogP contribution is -2.38. The van der Waals surface area contributed by atoms with Crippen LogP contribution in [0.15, 0.2) is 24.3 Å². The predicted molar refractivity (Wildman–Crippen MR) is 72.1 cm³/mol. The van der Waals surface area contributed by atoms with Gasteiger partial charge in [0.2, 0.25) is 5.91 Å². The van der Waals surface area contributed by atoms with Crippen molar-refractivity contribution in [3.8, 4) is 0 Å². The second-order valence-electron chi connectivity index (χ2n) is 4.51. The number of nitrogens with two attached hydrogens (primary N) is 1. The second-order valence-corrected chi connectivity index (χ2v) is 4.51. The van der Waals surface area contributed by atoms with E-state index in [9.17, 15) is 4.79 Å². The van der Waals surface area contributed by atoms with Gasteiger partial charge in [0.05, 0.1) is 19.1 Å². The van der Waals surface area contributed by atoms with Gasteiger partial charge in [0.15, 0.2) is 0 Å². The fourth-order valence-electron chi connectivity index (χ4n) is 1.69. The summed E-state index contributed by atoms with van der Waals surface area (Å²) in [6, 6.07) is 7.91. The molecule has 1 atom stereocenters. The van der Waals surface area contributed by atoms with Crippen LogP contribution < -0.4 is 5.73 Å². The quantitative estimate of drug-likeness (QED) is 0.825. The Labute approximate surface area is 109 Å². The minimum Gasteiger partial charge on any atom is -0.383 e. The van der Waals surface area contributed by atoms with Crippen LogP contribution in [0, 0.1) is 0 Å². The van der Waals surface area contributed by atoms with E-state index in [1.165, 1.54) is 0 Å². The van der Waals surface area contributed by atoms with E-state index >= 15 is 0 Å². The van der Waals surface area contributed by atoms with Gasteiger partial charge in [-0.2, -0.15) is 0 Å². The van der Waals surface area contributed by atoms with E-state index in [1.54, 1.807) is 19.1 Å². The van der Waals surface area contributed by atoms with Gasteiger partial charge < -0.3 is 15.4 Å². The van der Waals surface area contributed by atoms with E-state index in [4.69, 9.17) is 10.5 Å². The van der Waals surface area contributed by atoms with Gasteiger partial charge in [0.1, 0.15) is 0 Å². The Balaban J connectivity index is 2.57. The Hall–Kier alpha value is -1.39. The van der Waals surface area contributed by atoms with E-state index in [0.29, 0.717) is 19.6 Å². The van der Waals surface area contributed by atoms with Gasteiger partial charge in [-0.25, -0.2) is 0 Å². The van der Waals surface area contributed by atoms with E-state index in [0.717, 1.165) is 11.1 Å². The molecule has 0 aliphatic heterocycles. The zero-order valence-electron chi connectivity index (χ0n) is 11.3. The number of hydrogen-bond acceptors (Lipinski definition) is 3. The zero-order valence-corrected chi connectivity index (χ0v) is 11.3. The highest BCUT2D eigenvalue weighted by atomic mass is 16.5. The van der Waals surface area contributed by atoms with Gasteiger partial charge in [-0.05, 0) is 18.1 Å². The van der Waals surface area contributed by atoms with Gasteiger partial charge in [0, 0.05) is 20.7 Å². The van der Waals surface area contributed by atoms with Crippen molar-refractivity contribution in [2.75, 3.05) is 20.8 Å². The number of carbonyl (C=O) groups excluding carboxylic acids is 1. The van der Waals surface area contributed by atoms with E-state index in [1.807, 2.05) is 31.2 Å². The van der Waals surface area contributed by atoms with Crippen molar-refractivity contribution in [3.05, 3.63) is 35.4 Å². The van der Waals surface area contributed by atoms with Crippen LogP contribution >= 0.6 is 0 Å². The van der Waals surface area contributed by atoms with E-state index in [2.05, 4.69) is 0 Å². The van der Waals surface area contributed by atoms with Gasteiger partial charge in [-0.3, -0.25) is 4.79 Å². The first-order chi connectivity index (χ1) is 8.58. The maximum Gasteiger partial charge on any atom is 0.227 e. The number of ether oxygens (including phenoxy) is 1. The number of likely N-dealkylation sites (N-methyl/N-ethyl adjacent to an activating group) is 1. The second kappa shape index (κ2) is 7.13. The minimum absolute atomic E-state index is 0.0887. The summed E-state index contributed by atoms with van der Waals surface area (Å²) in [6.07, 6.45) is 0.412. The Morgan fingerprint density at radius 3 is 2.39 bits per heavy atom. The molecule has 1 rings (SSSR count). The highest BCUT2D eigenvalue weighted by molar-refractivity contribution is 5.78. The molecule has 4 heteroatoms. The summed E-state index contributed by atoms with van der Waals surface area (Å²) in [7, 11) is 3.45. The molecular weight excluding hydrogens is 228 g/mol. The summed E-state index contributed by atoms with van der Waals surface area (Å²) in [5.74, 6) is 0.0973. The number of amides is 1. The third-order valence-electron chi connectivity index (χ3n) is 3.08. The SMILES string of the molecule is COCC(C)N(C)C(=O)Cc1ccc(CN)cc1. The van der Waals surface area contributed by atoms with Crippen molar-refractivity contribution in [2.24, 2.45) is 5.73 Å². The Kier molecular flexibility index (Phi) is 5.82. The number of nitrogens with zero attached hydrogens (tertiary/aromatic N) is 1. The first-order valence-electron chi connectivity index (χ1n) is 6.11. The monoisotopic (exact) mass is 250 g/mol. The molecule has 0 saturated heterocycles. The Morgan fingerprint density at radius 1 is 1.33 bits per heavy atom. The van der Waals surface area contributed by atoms with Crippen LogP contribution in [0.1, 0.15) is 18.1 Å². The molecule has 18 heavy (non-hydrogen) atoms. The molecule has 0 aromatic heterocycles. The normalized spacial score (nSPS) is 12.2. The summed E-state index contributed by atoms with van der Waals surface area (Å²) in [5, 5.41) is 0. The maximum absolute atomic E-state index is 12.0. The van der Waals surface area contributed by atoms with Crippen LogP contribution in [-0.4, -0.2) is 37.6 Å². The van der Waals surface area contributed by atoms with Crippen molar-refractivity contribution in [2.45, 2.75) is 25.9 Å². The van der Waals surface area contributed by atoms with Gasteiger partial charge in [-0.1, -0.05) is 24.3 Å². The van der Waals surface area contributed by atoms with Crippen molar-refractivity contribution in [1.82, 2.24) is 4.90 Å². The molecular formula is C14H22N2O2. The standard InChI is InChI=1S/C14H22N2O2/c1-11(10-18-3)16(2)14(17)8-12-4-6-13(9-15)7-5-12/h4-7,11H,8-10,15H2,1-3H3. The molecule has 0 fully saturated rings. The zero-order chi connectivity index (χ0) is 13.5. The number of hydrogen-bond donors (Lipinski definition) is 1. The maximum atomic E-state index is 12.0. The lowest BCUT2D eigenvalue weighted by Gasteiger charge is -2.24. The molecule has 1 unspecified atom stereocenters. The van der Waals surface area contributed by atoms with Crippen molar-refractivity contribution in [3.63, 3.8) is 0 Å². The number of rotatable bonds is 6. The molecule has 0 saturated carbocycles. The average Bonchev–Trinajstić information content (AvgIpc) is 2.39. The van der Waals surface area contributed by atoms with Crippen LogP contribution in [0.5, 0.6) is 0 Å². The number of methoxy groups -OCH3 is 1. The number of carbonyl (C=O) groups is 1. The van der Waals surface area contributed by atoms with Crippen LogP contribution in [-0.2, 0) is 22.5 Å². The summed E-state index contributed by atoms with van der Waals surface area (Å²) in [4.78, 5) is 13.8. The molecule has 0 aliphatic carbocycles. The predicted octanol–water partition coefficient (Wildman–Crippen LogP) is 1.18. The summed E-state index contributed by atoms with van der Waals surface area (Å²) in [5.41, 5.74) is 7.62. The molecule has 4 nitrogen and oxygen atoms in total. The molecule has 1 amide bonds. The van der Waals surface area contributed by atoms with Crippen molar-refractivity contribution < 1.29 is 9.53 Å². The first kappa shape index (κ1) is 14.7. The smallest absolute Gasteiger partial charge is 0.227 e. The first-order valence-corrected chi connectivity index (χ1v) is 6.11. The molecule has 1 aromatic carbocycles. The molecule has 0 radical (unpaired) electrons.